The summed E-state index contributed by atoms with van der Waals surface area (Å²) in [6.07, 6.45) is 3.16. The first-order chi connectivity index (χ1) is 12.3. The highest BCUT2D eigenvalue weighted by molar-refractivity contribution is 7.16. The molecule has 1 N–H and O–H groups in total. The molecule has 0 bridgehead atoms. The van der Waals surface area contributed by atoms with Gasteiger partial charge >= 0.3 is 5.97 Å². The Labute approximate surface area is 169 Å². The van der Waals surface area contributed by atoms with Gasteiger partial charge in [0, 0.05) is 12.0 Å². The van der Waals surface area contributed by atoms with Crippen LogP contribution in [0.15, 0.2) is 17.3 Å². The summed E-state index contributed by atoms with van der Waals surface area (Å²) < 4.78 is 0. The van der Waals surface area contributed by atoms with E-state index in [0.717, 1.165) is 46.5 Å². The van der Waals surface area contributed by atoms with Crippen LogP contribution in [0.3, 0.4) is 0 Å². The first-order valence-corrected chi connectivity index (χ1v) is 10.0. The third-order valence-electron chi connectivity index (χ3n) is 4.88. The van der Waals surface area contributed by atoms with E-state index in [1.54, 1.807) is 12.1 Å². The number of oxime groups is 1. The summed E-state index contributed by atoms with van der Waals surface area (Å²) >= 11 is 19.6. The maximum absolute atomic E-state index is 11.5. The summed E-state index contributed by atoms with van der Waals surface area (Å²) in [6, 6.07) is 3.46. The zero-order chi connectivity index (χ0) is 18.6. The largest absolute Gasteiger partial charge is 0.477 e. The van der Waals surface area contributed by atoms with Gasteiger partial charge in [0.2, 0.25) is 0 Å². The minimum absolute atomic E-state index is 0.307. The van der Waals surface area contributed by atoms with Crippen LogP contribution in [0, 0.1) is 0 Å². The Morgan fingerprint density at radius 2 is 1.88 bits per heavy atom. The molecule has 26 heavy (non-hydrogen) atoms. The van der Waals surface area contributed by atoms with Crippen LogP contribution in [0.1, 0.15) is 51.0 Å². The normalized spacial score (nSPS) is 21.5. The van der Waals surface area contributed by atoms with Crippen LogP contribution in [0.4, 0.5) is 0 Å². The molecule has 2 heterocycles. The quantitative estimate of drug-likeness (QED) is 0.613. The van der Waals surface area contributed by atoms with Crippen molar-refractivity contribution in [1.82, 2.24) is 0 Å². The van der Waals surface area contributed by atoms with Gasteiger partial charge < -0.3 is 9.94 Å². The lowest BCUT2D eigenvalue weighted by molar-refractivity contribution is -0.00737. The van der Waals surface area contributed by atoms with Crippen molar-refractivity contribution < 1.29 is 14.7 Å². The average Bonchev–Trinajstić information content (AvgIpc) is 3.27. The number of rotatable bonds is 3. The fraction of sp³-hybridized carbons (Fsp3) is 0.333. The molecule has 0 amide bonds. The SMILES string of the molecule is CC1(c2cc(Cl)c(Cl)c(Cl)c2)CC(c2sc(C(=O)O)c3c2CCC3)=NO1. The van der Waals surface area contributed by atoms with Gasteiger partial charge in [-0.25, -0.2) is 4.79 Å². The molecule has 1 aromatic carbocycles. The number of carbonyl (C=O) groups is 1. The number of nitrogens with zero attached hydrogens (tertiary/aromatic N) is 1. The lowest BCUT2D eigenvalue weighted by atomic mass is 9.90. The Morgan fingerprint density at radius 1 is 1.23 bits per heavy atom. The van der Waals surface area contributed by atoms with E-state index in [4.69, 9.17) is 39.6 Å². The Hall–Kier alpha value is -1.27. The molecule has 0 spiro atoms. The van der Waals surface area contributed by atoms with Crippen LogP contribution < -0.4 is 0 Å². The van der Waals surface area contributed by atoms with E-state index in [0.29, 0.717) is 26.4 Å². The molecule has 2 aliphatic rings. The molecular weight excluding hydrogens is 417 g/mol. The van der Waals surface area contributed by atoms with Crippen molar-refractivity contribution in [1.29, 1.82) is 0 Å². The van der Waals surface area contributed by atoms with Crippen LogP contribution in [0.5, 0.6) is 0 Å². The van der Waals surface area contributed by atoms with Crippen molar-refractivity contribution in [3.63, 3.8) is 0 Å². The Morgan fingerprint density at radius 3 is 2.54 bits per heavy atom. The van der Waals surface area contributed by atoms with E-state index in [1.807, 2.05) is 6.92 Å². The van der Waals surface area contributed by atoms with E-state index in [1.165, 1.54) is 11.3 Å². The zero-order valence-electron chi connectivity index (χ0n) is 13.7. The molecule has 0 radical (unpaired) electrons. The summed E-state index contributed by atoms with van der Waals surface area (Å²) in [6.45, 7) is 1.91. The van der Waals surface area contributed by atoms with E-state index < -0.39 is 11.6 Å². The van der Waals surface area contributed by atoms with Crippen molar-refractivity contribution in [3.05, 3.63) is 53.6 Å². The van der Waals surface area contributed by atoms with Gasteiger partial charge in [-0.2, -0.15) is 0 Å². The molecule has 1 aliphatic heterocycles. The lowest BCUT2D eigenvalue weighted by Crippen LogP contribution is -2.22. The molecule has 0 fully saturated rings. The van der Waals surface area contributed by atoms with Crippen LogP contribution >= 0.6 is 46.1 Å². The summed E-state index contributed by atoms with van der Waals surface area (Å²) in [5, 5.41) is 14.8. The van der Waals surface area contributed by atoms with Gasteiger partial charge in [0.1, 0.15) is 10.6 Å². The fourth-order valence-corrected chi connectivity index (χ4v) is 5.36. The number of carboxylic acid groups (broad SMARTS) is 1. The molecule has 1 atom stereocenters. The molecule has 8 heteroatoms. The van der Waals surface area contributed by atoms with Gasteiger partial charge in [0.25, 0.3) is 0 Å². The highest BCUT2D eigenvalue weighted by atomic mass is 35.5. The van der Waals surface area contributed by atoms with Crippen molar-refractivity contribution in [3.8, 4) is 0 Å². The van der Waals surface area contributed by atoms with Gasteiger partial charge in [0.15, 0.2) is 5.60 Å². The highest BCUT2D eigenvalue weighted by Gasteiger charge is 2.40. The molecule has 1 aromatic heterocycles. The maximum Gasteiger partial charge on any atom is 0.346 e. The third-order valence-corrected chi connectivity index (χ3v) is 7.39. The Balaban J connectivity index is 1.69. The van der Waals surface area contributed by atoms with Gasteiger partial charge in [-0.15, -0.1) is 11.3 Å². The van der Waals surface area contributed by atoms with Crippen molar-refractivity contribution in [2.24, 2.45) is 5.16 Å². The first kappa shape index (κ1) is 18.1. The average molecular weight is 431 g/mol. The summed E-state index contributed by atoms with van der Waals surface area (Å²) in [7, 11) is 0. The minimum atomic E-state index is -0.877. The number of hydrogen-bond acceptors (Lipinski definition) is 4. The smallest absolute Gasteiger partial charge is 0.346 e. The zero-order valence-corrected chi connectivity index (χ0v) is 16.8. The topological polar surface area (TPSA) is 58.9 Å². The highest BCUT2D eigenvalue weighted by Crippen LogP contribution is 2.44. The second-order valence-corrected chi connectivity index (χ2v) is 8.88. The number of fused-ring (bicyclic) bond motifs is 1. The van der Waals surface area contributed by atoms with Gasteiger partial charge in [-0.3, -0.25) is 0 Å². The van der Waals surface area contributed by atoms with Crippen molar-refractivity contribution in [2.45, 2.75) is 38.2 Å². The minimum Gasteiger partial charge on any atom is -0.477 e. The van der Waals surface area contributed by atoms with Gasteiger partial charge in [-0.05, 0) is 49.4 Å². The van der Waals surface area contributed by atoms with Crippen molar-refractivity contribution in [2.75, 3.05) is 0 Å². The number of benzene rings is 1. The van der Waals surface area contributed by atoms with E-state index >= 15 is 0 Å². The van der Waals surface area contributed by atoms with Crippen molar-refractivity contribution >= 4 is 57.8 Å². The summed E-state index contributed by atoms with van der Waals surface area (Å²) in [5.41, 5.74) is 2.87. The number of halogens is 3. The Bertz CT molecular complexity index is 946. The summed E-state index contributed by atoms with van der Waals surface area (Å²) in [5.74, 6) is -0.877. The van der Waals surface area contributed by atoms with Gasteiger partial charge in [0.05, 0.1) is 19.9 Å². The molecule has 0 saturated heterocycles. The van der Waals surface area contributed by atoms with Crippen LogP contribution in [-0.2, 0) is 23.3 Å². The number of aromatic carboxylic acids is 1. The Kier molecular flexibility index (Phi) is 4.47. The lowest BCUT2D eigenvalue weighted by Gasteiger charge is -2.22. The van der Waals surface area contributed by atoms with E-state index in [9.17, 15) is 9.90 Å². The molecule has 136 valence electrons. The number of thiophene rings is 1. The van der Waals surface area contributed by atoms with E-state index in [-0.39, 0.29) is 0 Å². The summed E-state index contributed by atoms with van der Waals surface area (Å²) in [4.78, 5) is 18.6. The predicted molar refractivity (Wildman–Crippen MR) is 104 cm³/mol. The molecule has 1 aliphatic carbocycles. The fourth-order valence-electron chi connectivity index (χ4n) is 3.55. The number of carboxylic acids is 1. The third kappa shape index (κ3) is 2.82. The first-order valence-electron chi connectivity index (χ1n) is 8.08. The molecule has 4 rings (SSSR count). The van der Waals surface area contributed by atoms with Crippen LogP contribution in [0.25, 0.3) is 0 Å². The monoisotopic (exact) mass is 429 g/mol. The van der Waals surface area contributed by atoms with Crippen LogP contribution in [-0.4, -0.2) is 16.8 Å². The van der Waals surface area contributed by atoms with Crippen LogP contribution in [0.2, 0.25) is 15.1 Å². The second kappa shape index (κ2) is 6.41. The molecular formula is C18H14Cl3NO3S. The molecule has 1 unspecified atom stereocenters. The van der Waals surface area contributed by atoms with Gasteiger partial charge in [-0.1, -0.05) is 40.0 Å². The molecule has 0 saturated carbocycles. The predicted octanol–water partition coefficient (Wildman–Crippen LogP) is 5.94. The van der Waals surface area contributed by atoms with E-state index in [2.05, 4.69) is 5.16 Å². The molecule has 4 nitrogen and oxygen atoms in total. The second-order valence-electron chi connectivity index (χ2n) is 6.67. The maximum atomic E-state index is 11.5. The standard InChI is InChI=1S/C18H14Cl3NO3S/c1-18(8-5-11(19)14(21)12(20)6-8)7-13(22-25-18)15-9-3-2-4-10(9)16(26-15)17(23)24/h5-6H,2-4,7H2,1H3,(H,23,24). The molecule has 2 aromatic rings. The number of hydrogen-bond donors (Lipinski definition) is 1.